The zero-order valence-electron chi connectivity index (χ0n) is 34.9. The van der Waals surface area contributed by atoms with Gasteiger partial charge in [-0.05, 0) is 130 Å². The molecule has 0 unspecified atom stereocenters. The van der Waals surface area contributed by atoms with Gasteiger partial charge in [-0.2, -0.15) is 26.3 Å². The molecule has 0 saturated heterocycles. The van der Waals surface area contributed by atoms with Gasteiger partial charge in [0.2, 0.25) is 0 Å². The van der Waals surface area contributed by atoms with Crippen LogP contribution in [0, 0.1) is 11.8 Å². The second kappa shape index (κ2) is 19.2. The van der Waals surface area contributed by atoms with Gasteiger partial charge in [0, 0.05) is 17.9 Å². The standard InChI is InChI=1S/C24H32F3N3O3.C19H24F3N3O/c1-15(2)13-23(6,30-21(31)33-22(3,4)5)14-32-19-8-7-16(11-18(19)24(25,26)27)17-9-10-29-20(28)12-17;1-12(2)10-18(3,24)11-26-16-5-4-13(8-15(16)19(20,21)22)14-6-7-25-17(23)9-14/h7-12,15H,13-14H2,1-6H3,(H2,28,29)(H,30,31);4-9,12H,10-11,24H2,1-3H3,(H2,23,25)/t23-;18-/m00/s1. The number of alkyl carbamates (subject to hydrolysis) is 1. The molecule has 0 aliphatic carbocycles. The summed E-state index contributed by atoms with van der Waals surface area (Å²) in [5.41, 5.74) is 15.1. The van der Waals surface area contributed by atoms with Gasteiger partial charge in [-0.3, -0.25) is 0 Å². The minimum atomic E-state index is -4.64. The summed E-state index contributed by atoms with van der Waals surface area (Å²) in [4.78, 5) is 20.1. The first-order valence-corrected chi connectivity index (χ1v) is 19.0. The lowest BCUT2D eigenvalue weighted by Crippen LogP contribution is -2.52. The molecule has 0 aliphatic rings. The summed E-state index contributed by atoms with van der Waals surface area (Å²) < 4.78 is 98.5. The Kier molecular flexibility index (Phi) is 15.7. The van der Waals surface area contributed by atoms with Gasteiger partial charge >= 0.3 is 18.4 Å². The third-order valence-corrected chi connectivity index (χ3v) is 8.44. The maximum Gasteiger partial charge on any atom is 0.419 e. The number of carbonyl (C=O) groups excluding carboxylic acids is 1. The molecule has 324 valence electrons. The lowest BCUT2D eigenvalue weighted by Gasteiger charge is -2.33. The molecule has 4 rings (SSSR count). The number of rotatable bonds is 13. The largest absolute Gasteiger partial charge is 0.491 e. The van der Waals surface area contributed by atoms with Gasteiger partial charge in [-0.25, -0.2) is 14.8 Å². The highest BCUT2D eigenvalue weighted by Gasteiger charge is 2.38. The predicted molar refractivity (Wildman–Crippen MR) is 218 cm³/mol. The van der Waals surface area contributed by atoms with Crippen molar-refractivity contribution in [1.29, 1.82) is 0 Å². The molecule has 59 heavy (non-hydrogen) atoms. The van der Waals surface area contributed by atoms with E-state index in [2.05, 4.69) is 15.3 Å². The van der Waals surface area contributed by atoms with Crippen LogP contribution in [0.15, 0.2) is 73.1 Å². The van der Waals surface area contributed by atoms with Crippen LogP contribution in [0.25, 0.3) is 22.3 Å². The number of halogens is 6. The van der Waals surface area contributed by atoms with Crippen molar-refractivity contribution in [2.45, 2.75) is 104 Å². The number of nitrogens with zero attached hydrogens (tertiary/aromatic N) is 2. The van der Waals surface area contributed by atoms with Gasteiger partial charge in [0.25, 0.3) is 0 Å². The van der Waals surface area contributed by atoms with Gasteiger partial charge in [-0.1, -0.05) is 39.8 Å². The van der Waals surface area contributed by atoms with E-state index in [-0.39, 0.29) is 42.3 Å². The van der Waals surface area contributed by atoms with Crippen molar-refractivity contribution in [3.8, 4) is 33.8 Å². The van der Waals surface area contributed by atoms with Crippen molar-refractivity contribution >= 4 is 17.7 Å². The molecule has 10 nitrogen and oxygen atoms in total. The summed E-state index contributed by atoms with van der Waals surface area (Å²) in [5.74, 6) is 0.353. The third kappa shape index (κ3) is 15.8. The zero-order valence-corrected chi connectivity index (χ0v) is 34.9. The van der Waals surface area contributed by atoms with Crippen LogP contribution in [0.2, 0.25) is 0 Å². The van der Waals surface area contributed by atoms with Crippen molar-refractivity contribution in [1.82, 2.24) is 15.3 Å². The predicted octanol–water partition coefficient (Wildman–Crippen LogP) is 10.5. The van der Waals surface area contributed by atoms with Gasteiger partial charge in [-0.15, -0.1) is 0 Å². The van der Waals surface area contributed by atoms with Crippen LogP contribution >= 0.6 is 0 Å². The Morgan fingerprint density at radius 3 is 1.42 bits per heavy atom. The van der Waals surface area contributed by atoms with Crippen LogP contribution in [0.4, 0.5) is 42.8 Å². The fraction of sp³-hybridized carbons (Fsp3) is 0.465. The van der Waals surface area contributed by atoms with E-state index in [0.29, 0.717) is 41.0 Å². The topological polar surface area (TPSA) is 161 Å². The smallest absolute Gasteiger partial charge is 0.419 e. The monoisotopic (exact) mass is 834 g/mol. The van der Waals surface area contributed by atoms with Gasteiger partial charge < -0.3 is 36.7 Å². The molecule has 0 radical (unpaired) electrons. The Hall–Kier alpha value is -5.25. The Morgan fingerprint density at radius 1 is 0.644 bits per heavy atom. The fourth-order valence-corrected chi connectivity index (χ4v) is 6.44. The normalized spacial score (nSPS) is 14.1. The molecule has 0 spiro atoms. The van der Waals surface area contributed by atoms with E-state index in [1.807, 2.05) is 27.7 Å². The number of hydrogen-bond donors (Lipinski definition) is 4. The summed E-state index contributed by atoms with van der Waals surface area (Å²) >= 11 is 0. The number of carbonyl (C=O) groups is 1. The summed E-state index contributed by atoms with van der Waals surface area (Å²) in [6.07, 6.45) is -5.85. The molecule has 7 N–H and O–H groups in total. The molecular weight excluding hydrogens is 778 g/mol. The van der Waals surface area contributed by atoms with E-state index in [0.717, 1.165) is 12.1 Å². The number of anilines is 2. The first kappa shape index (κ1) is 48.1. The average Bonchev–Trinajstić information content (AvgIpc) is 3.07. The van der Waals surface area contributed by atoms with Crippen LogP contribution in [0.1, 0.15) is 86.3 Å². The number of ether oxygens (including phenoxy) is 3. The highest BCUT2D eigenvalue weighted by Crippen LogP contribution is 2.41. The van der Waals surface area contributed by atoms with Crippen molar-refractivity contribution < 1.29 is 45.3 Å². The molecule has 0 fully saturated rings. The molecular formula is C43H56F6N6O4. The number of benzene rings is 2. The lowest BCUT2D eigenvalue weighted by molar-refractivity contribution is -0.139. The Balaban J connectivity index is 0.000000324. The van der Waals surface area contributed by atoms with Crippen molar-refractivity contribution in [3.05, 3.63) is 84.2 Å². The molecule has 2 aromatic carbocycles. The minimum absolute atomic E-state index is 0.00415. The van der Waals surface area contributed by atoms with Crippen molar-refractivity contribution in [2.24, 2.45) is 17.6 Å². The van der Waals surface area contributed by atoms with E-state index >= 15 is 0 Å². The molecule has 2 atom stereocenters. The summed E-state index contributed by atoms with van der Waals surface area (Å²) in [7, 11) is 0. The van der Waals surface area contributed by atoms with Crippen LogP contribution in [-0.4, -0.2) is 46.0 Å². The number of nitrogens with two attached hydrogens (primary N) is 3. The minimum Gasteiger partial charge on any atom is -0.491 e. The molecule has 16 heteroatoms. The Bertz CT molecular complexity index is 2010. The van der Waals surface area contributed by atoms with Crippen LogP contribution in [0.3, 0.4) is 0 Å². The number of nitrogens with one attached hydrogen (secondary N) is 1. The summed E-state index contributed by atoms with van der Waals surface area (Å²) in [6.45, 7) is 16.4. The van der Waals surface area contributed by atoms with E-state index in [4.69, 9.17) is 31.4 Å². The number of amides is 1. The Morgan fingerprint density at radius 2 is 1.05 bits per heavy atom. The Labute approximate surface area is 342 Å². The van der Waals surface area contributed by atoms with Gasteiger partial charge in [0.1, 0.15) is 41.9 Å². The highest BCUT2D eigenvalue weighted by molar-refractivity contribution is 5.70. The second-order valence-electron chi connectivity index (χ2n) is 17.0. The quantitative estimate of drug-likeness (QED) is 0.0961. The van der Waals surface area contributed by atoms with E-state index in [1.54, 1.807) is 52.8 Å². The number of pyridine rings is 2. The number of nitrogen functional groups attached to an aromatic ring is 2. The van der Waals surface area contributed by atoms with Crippen LogP contribution < -0.4 is 32.0 Å². The van der Waals surface area contributed by atoms with E-state index in [9.17, 15) is 31.1 Å². The summed E-state index contributed by atoms with van der Waals surface area (Å²) in [5, 5.41) is 2.76. The molecule has 4 aromatic rings. The lowest BCUT2D eigenvalue weighted by atomic mass is 9.91. The summed E-state index contributed by atoms with van der Waals surface area (Å²) in [6, 6.07) is 14.0. The van der Waals surface area contributed by atoms with Gasteiger partial charge in [0.05, 0.1) is 16.7 Å². The van der Waals surface area contributed by atoms with Crippen molar-refractivity contribution in [3.63, 3.8) is 0 Å². The first-order valence-electron chi connectivity index (χ1n) is 19.0. The maximum absolute atomic E-state index is 13.8. The van der Waals surface area contributed by atoms with E-state index < -0.39 is 46.3 Å². The molecule has 1 amide bonds. The molecule has 0 bridgehead atoms. The van der Waals surface area contributed by atoms with E-state index in [1.165, 1.54) is 42.7 Å². The molecule has 2 heterocycles. The number of hydrogen-bond acceptors (Lipinski definition) is 9. The fourth-order valence-electron chi connectivity index (χ4n) is 6.44. The maximum atomic E-state index is 13.8. The number of alkyl halides is 6. The average molecular weight is 835 g/mol. The molecule has 2 aromatic heterocycles. The van der Waals surface area contributed by atoms with Crippen LogP contribution in [0.5, 0.6) is 11.5 Å². The zero-order chi connectivity index (χ0) is 44.6. The van der Waals surface area contributed by atoms with Gasteiger partial charge in [0.15, 0.2) is 0 Å². The third-order valence-electron chi connectivity index (χ3n) is 8.44. The van der Waals surface area contributed by atoms with Crippen LogP contribution in [-0.2, 0) is 17.1 Å². The second-order valence-corrected chi connectivity index (χ2v) is 17.0. The highest BCUT2D eigenvalue weighted by atomic mass is 19.4. The molecule has 0 aliphatic heterocycles. The van der Waals surface area contributed by atoms with Crippen molar-refractivity contribution in [2.75, 3.05) is 24.7 Å². The first-order chi connectivity index (χ1) is 27.1. The SMILES string of the molecule is CC(C)C[C@@](C)(COc1ccc(-c2ccnc(N)c2)cc1C(F)(F)F)NC(=O)OC(C)(C)C.CC(C)C[C@](C)(N)COc1ccc(-c2ccnc(N)c2)cc1C(F)(F)F. The number of aromatic nitrogens is 2. The molecule has 0 saturated carbocycles.